The Balaban J connectivity index is 1.75. The molecule has 0 spiro atoms. The Morgan fingerprint density at radius 3 is 2.59 bits per heavy atom. The van der Waals surface area contributed by atoms with Gasteiger partial charge >= 0.3 is 11.7 Å². The van der Waals surface area contributed by atoms with Crippen LogP contribution in [0.2, 0.25) is 0 Å². The molecule has 14 heteroatoms. The predicted octanol–water partition coefficient (Wildman–Crippen LogP) is -2.73. The molecule has 3 heterocycles. The highest BCUT2D eigenvalue weighted by Crippen LogP contribution is 2.31. The number of nitrogens with zero attached hydrogens (tertiary/aromatic N) is 2. The lowest BCUT2D eigenvalue weighted by Gasteiger charge is -2.28. The molecule has 14 nitrogen and oxygen atoms in total. The van der Waals surface area contributed by atoms with E-state index in [-0.39, 0.29) is 11.4 Å². The maximum Gasteiger partial charge on any atom is 0.329 e. The molecule has 34 heavy (non-hydrogen) atoms. The zero-order valence-corrected chi connectivity index (χ0v) is 17.9. The molecule has 8 atom stereocenters. The second kappa shape index (κ2) is 10.2. The Kier molecular flexibility index (Phi) is 7.58. The van der Waals surface area contributed by atoms with Crippen LogP contribution in [0.1, 0.15) is 35.4 Å². The van der Waals surface area contributed by atoms with Crippen LogP contribution in [0.15, 0.2) is 35.4 Å². The highest BCUT2D eigenvalue weighted by atomic mass is 16.6. The first-order valence-electron chi connectivity index (χ1n) is 10.2. The Morgan fingerprint density at radius 1 is 1.32 bits per heavy atom. The fraction of sp³-hybridized carbons (Fsp3) is 0.450. The number of carboxylic acids is 1. The third-order valence-corrected chi connectivity index (χ3v) is 5.69. The lowest BCUT2D eigenvalue weighted by atomic mass is 9.92. The number of H-pyrrole nitrogens is 1. The molecule has 1 saturated heterocycles. The van der Waals surface area contributed by atoms with Gasteiger partial charge in [0.1, 0.15) is 24.4 Å². The van der Waals surface area contributed by atoms with E-state index in [2.05, 4.69) is 15.3 Å². The summed E-state index contributed by atoms with van der Waals surface area (Å²) in [6.45, 7) is 1.48. The van der Waals surface area contributed by atoms with Gasteiger partial charge in [0, 0.05) is 18.3 Å². The number of carbonyl (C=O) groups excluding carboxylic acids is 2. The van der Waals surface area contributed by atoms with Crippen LogP contribution in [0.25, 0.3) is 0 Å². The van der Waals surface area contributed by atoms with Crippen molar-refractivity contribution in [3.05, 3.63) is 52.5 Å². The molecule has 1 aliphatic heterocycles. The monoisotopic (exact) mass is 479 g/mol. The topological polar surface area (TPSA) is 230 Å². The maximum absolute atomic E-state index is 12.7. The van der Waals surface area contributed by atoms with Crippen molar-refractivity contribution < 1.29 is 39.5 Å². The summed E-state index contributed by atoms with van der Waals surface area (Å²) in [5.41, 5.74) is 5.23. The molecule has 3 rings (SSSR count). The number of amides is 1. The molecule has 8 N–H and O–H groups in total. The van der Waals surface area contributed by atoms with E-state index in [9.17, 15) is 39.6 Å². The van der Waals surface area contributed by atoms with E-state index in [1.165, 1.54) is 19.2 Å². The van der Waals surface area contributed by atoms with E-state index in [0.717, 1.165) is 10.8 Å². The summed E-state index contributed by atoms with van der Waals surface area (Å²) in [6.07, 6.45) is -5.18. The molecule has 0 radical (unpaired) electrons. The Hall–Kier alpha value is -3.43. The first kappa shape index (κ1) is 25.2. The minimum atomic E-state index is -1.87. The van der Waals surface area contributed by atoms with Gasteiger partial charge in [-0.15, -0.1) is 0 Å². The van der Waals surface area contributed by atoms with Gasteiger partial charge in [-0.3, -0.25) is 19.1 Å². The number of ether oxygens (including phenoxy) is 1. The number of aliphatic hydroxyl groups is 3. The van der Waals surface area contributed by atoms with Crippen molar-refractivity contribution in [3.8, 4) is 0 Å². The molecule has 0 bridgehead atoms. The largest absolute Gasteiger partial charge is 0.480 e. The van der Waals surface area contributed by atoms with Crippen LogP contribution in [0, 0.1) is 5.92 Å². The van der Waals surface area contributed by atoms with Crippen molar-refractivity contribution in [2.45, 2.75) is 49.7 Å². The quantitative estimate of drug-likeness (QED) is 0.182. The smallest absolute Gasteiger partial charge is 0.329 e. The number of hydrogen-bond donors (Lipinski definition) is 7. The number of aromatic nitrogens is 3. The van der Waals surface area contributed by atoms with Gasteiger partial charge in [-0.2, -0.15) is 0 Å². The van der Waals surface area contributed by atoms with Gasteiger partial charge in [0.2, 0.25) is 5.91 Å². The second-order valence-electron chi connectivity index (χ2n) is 7.92. The normalized spacial score (nSPS) is 25.8. The molecular weight excluding hydrogens is 454 g/mol. The van der Waals surface area contributed by atoms with Gasteiger partial charge in [0.25, 0.3) is 0 Å². The molecule has 4 unspecified atom stereocenters. The zero-order valence-electron chi connectivity index (χ0n) is 17.9. The average Bonchev–Trinajstić information content (AvgIpc) is 3.34. The van der Waals surface area contributed by atoms with Crippen molar-refractivity contribution in [1.29, 1.82) is 0 Å². The zero-order chi connectivity index (χ0) is 25.2. The van der Waals surface area contributed by atoms with Gasteiger partial charge in [-0.05, 0) is 12.1 Å². The number of pyridine rings is 1. The number of carbonyl (C=O) groups is 3. The number of rotatable bonds is 9. The van der Waals surface area contributed by atoms with Crippen molar-refractivity contribution in [2.24, 2.45) is 11.7 Å². The van der Waals surface area contributed by atoms with E-state index in [0.29, 0.717) is 6.29 Å². The standard InChI is InChI=1S/C20H25N5O9/c1-8(13(27)10-4-2-3-5-22-10)11(21)17(30)24-12(19(31)32)16-14(28)15(29)18(34-16)25-6-9(7-26)23-20(25)33/h2-8,11-16,18,27-29H,21H2,1H3,(H,23,33)(H,24,30)(H,31,32)/t8?,11?,12?,13?,14-,15+,16+,18+/m0/s1. The Bertz CT molecular complexity index is 1090. The van der Waals surface area contributed by atoms with Crippen molar-refractivity contribution >= 4 is 18.2 Å². The first-order valence-corrected chi connectivity index (χ1v) is 10.2. The minimum Gasteiger partial charge on any atom is -0.480 e. The van der Waals surface area contributed by atoms with Crippen LogP contribution >= 0.6 is 0 Å². The number of aliphatic carboxylic acids is 1. The highest BCUT2D eigenvalue weighted by Gasteiger charge is 2.50. The molecule has 0 saturated carbocycles. The Morgan fingerprint density at radius 2 is 2.03 bits per heavy atom. The van der Waals surface area contributed by atoms with Crippen molar-refractivity contribution in [2.75, 3.05) is 0 Å². The molecule has 2 aromatic heterocycles. The summed E-state index contributed by atoms with van der Waals surface area (Å²) < 4.78 is 6.21. The summed E-state index contributed by atoms with van der Waals surface area (Å²) >= 11 is 0. The lowest BCUT2D eigenvalue weighted by molar-refractivity contribution is -0.149. The fourth-order valence-corrected chi connectivity index (χ4v) is 3.66. The highest BCUT2D eigenvalue weighted by molar-refractivity contribution is 5.87. The van der Waals surface area contributed by atoms with Gasteiger partial charge in [-0.1, -0.05) is 13.0 Å². The number of aliphatic hydroxyl groups excluding tert-OH is 3. The average molecular weight is 479 g/mol. The van der Waals surface area contributed by atoms with Crippen molar-refractivity contribution in [1.82, 2.24) is 19.9 Å². The summed E-state index contributed by atoms with van der Waals surface area (Å²) in [7, 11) is 0. The van der Waals surface area contributed by atoms with Gasteiger partial charge in [0.05, 0.1) is 17.4 Å². The molecule has 184 valence electrons. The van der Waals surface area contributed by atoms with Crippen LogP contribution < -0.4 is 16.7 Å². The molecule has 1 amide bonds. The number of carboxylic acid groups (broad SMARTS) is 1. The second-order valence-corrected chi connectivity index (χ2v) is 7.92. The number of hydrogen-bond acceptors (Lipinski definition) is 10. The van der Waals surface area contributed by atoms with E-state index >= 15 is 0 Å². The van der Waals surface area contributed by atoms with Gasteiger partial charge < -0.3 is 41.2 Å². The fourth-order valence-electron chi connectivity index (χ4n) is 3.66. The van der Waals surface area contributed by atoms with E-state index < -0.39 is 66.2 Å². The number of nitrogens with one attached hydrogen (secondary N) is 2. The van der Waals surface area contributed by atoms with Crippen molar-refractivity contribution in [3.63, 3.8) is 0 Å². The predicted molar refractivity (Wildman–Crippen MR) is 112 cm³/mol. The van der Waals surface area contributed by atoms with E-state index in [1.807, 2.05) is 0 Å². The minimum absolute atomic E-state index is 0.131. The van der Waals surface area contributed by atoms with Crippen LogP contribution in [0.4, 0.5) is 0 Å². The molecule has 1 aliphatic rings. The van der Waals surface area contributed by atoms with Gasteiger partial charge in [-0.25, -0.2) is 9.59 Å². The summed E-state index contributed by atoms with van der Waals surface area (Å²) in [6, 6.07) is 1.57. The Labute approximate surface area is 192 Å². The third-order valence-electron chi connectivity index (χ3n) is 5.69. The molecule has 0 aliphatic carbocycles. The number of nitrogens with two attached hydrogens (primary N) is 1. The molecule has 2 aromatic rings. The first-order chi connectivity index (χ1) is 16.1. The maximum atomic E-state index is 12.7. The van der Waals surface area contributed by atoms with Crippen LogP contribution in [0.3, 0.4) is 0 Å². The molecule has 0 aromatic carbocycles. The van der Waals surface area contributed by atoms with Crippen LogP contribution in [-0.4, -0.2) is 83.5 Å². The SMILES string of the molecule is CC(C(N)C(=O)NC(C(=O)O)[C@H]1O[C@@H](n2cc(C=O)[nH]c2=O)[C@H](O)[C@@H]1O)C(O)c1ccccn1. The van der Waals surface area contributed by atoms with Gasteiger partial charge in [0.15, 0.2) is 18.6 Å². The lowest BCUT2D eigenvalue weighted by Crippen LogP contribution is -2.57. The van der Waals surface area contributed by atoms with E-state index in [1.54, 1.807) is 12.1 Å². The number of aldehydes is 1. The number of imidazole rings is 1. The van der Waals surface area contributed by atoms with Crippen LogP contribution in [0.5, 0.6) is 0 Å². The third kappa shape index (κ3) is 4.90. The molecule has 1 fully saturated rings. The van der Waals surface area contributed by atoms with E-state index in [4.69, 9.17) is 10.5 Å². The van der Waals surface area contributed by atoms with Crippen LogP contribution in [-0.2, 0) is 14.3 Å². The summed E-state index contributed by atoms with van der Waals surface area (Å²) in [5.74, 6) is -3.45. The number of aromatic amines is 1. The molecular formula is C20H25N5O9. The summed E-state index contributed by atoms with van der Waals surface area (Å²) in [4.78, 5) is 53.7. The summed E-state index contributed by atoms with van der Waals surface area (Å²) in [5, 5.41) is 43.0.